The normalized spacial score (nSPS) is 24.5. The average Bonchev–Trinajstić information content (AvgIpc) is 2.64. The third kappa shape index (κ3) is 5.55. The van der Waals surface area contributed by atoms with E-state index < -0.39 is 0 Å². The molecule has 1 aromatic rings. The summed E-state index contributed by atoms with van der Waals surface area (Å²) in [6.45, 7) is 0. The first-order valence-electron chi connectivity index (χ1n) is 9.72. The van der Waals surface area contributed by atoms with Crippen molar-refractivity contribution in [2.45, 2.75) is 70.3 Å². The predicted molar refractivity (Wildman–Crippen MR) is 97.9 cm³/mol. The molecular formula is C20H29N3O2. The summed E-state index contributed by atoms with van der Waals surface area (Å²) in [5, 5.41) is 6.08. The number of nitrogens with zero attached hydrogens (tertiary/aromatic N) is 1. The van der Waals surface area contributed by atoms with Gasteiger partial charge in [-0.15, -0.1) is 0 Å². The zero-order chi connectivity index (χ0) is 17.5. The van der Waals surface area contributed by atoms with E-state index in [2.05, 4.69) is 15.6 Å². The highest BCUT2D eigenvalue weighted by molar-refractivity contribution is 5.91. The molecule has 2 N–H and O–H groups in total. The van der Waals surface area contributed by atoms with E-state index in [1.54, 1.807) is 12.3 Å². The van der Waals surface area contributed by atoms with Crippen LogP contribution < -0.4 is 10.6 Å². The van der Waals surface area contributed by atoms with E-state index in [1.807, 2.05) is 12.1 Å². The summed E-state index contributed by atoms with van der Waals surface area (Å²) >= 11 is 0. The van der Waals surface area contributed by atoms with Gasteiger partial charge in [0.1, 0.15) is 5.82 Å². The van der Waals surface area contributed by atoms with Crippen LogP contribution in [0.15, 0.2) is 24.4 Å². The van der Waals surface area contributed by atoms with Gasteiger partial charge in [-0.05, 0) is 56.6 Å². The number of nitrogens with one attached hydrogen (secondary N) is 2. The molecule has 0 saturated heterocycles. The summed E-state index contributed by atoms with van der Waals surface area (Å²) in [6.07, 6.45) is 12.1. The Bertz CT molecular complexity index is 562. The van der Waals surface area contributed by atoms with E-state index in [0.717, 1.165) is 25.7 Å². The minimum absolute atomic E-state index is 0.0218. The second-order valence-electron chi connectivity index (χ2n) is 7.53. The van der Waals surface area contributed by atoms with Crippen molar-refractivity contribution in [1.29, 1.82) is 0 Å². The molecule has 1 aromatic heterocycles. The van der Waals surface area contributed by atoms with Crippen LogP contribution in [-0.4, -0.2) is 22.8 Å². The third-order valence-corrected chi connectivity index (χ3v) is 5.58. The Morgan fingerprint density at radius 2 is 1.76 bits per heavy atom. The van der Waals surface area contributed by atoms with Crippen molar-refractivity contribution in [3.05, 3.63) is 24.4 Å². The predicted octanol–water partition coefficient (Wildman–Crippen LogP) is 3.67. The zero-order valence-electron chi connectivity index (χ0n) is 14.9. The van der Waals surface area contributed by atoms with Crippen molar-refractivity contribution in [2.75, 3.05) is 5.32 Å². The molecule has 2 aliphatic rings. The molecule has 3 rings (SSSR count). The lowest BCUT2D eigenvalue weighted by atomic mass is 9.84. The molecule has 136 valence electrons. The van der Waals surface area contributed by atoms with Crippen LogP contribution in [-0.2, 0) is 9.59 Å². The standard InChI is InChI=1S/C20H29N3O2/c24-19(14-15-6-2-1-3-7-15)22-17-11-9-16(10-12-17)20(25)23-18-8-4-5-13-21-18/h4-5,8,13,15-17H,1-3,6-7,9-12,14H2,(H,22,24)(H,21,23,25). The van der Waals surface area contributed by atoms with Crippen molar-refractivity contribution in [3.63, 3.8) is 0 Å². The molecule has 0 radical (unpaired) electrons. The summed E-state index contributed by atoms with van der Waals surface area (Å²) in [7, 11) is 0. The van der Waals surface area contributed by atoms with Crippen molar-refractivity contribution in [3.8, 4) is 0 Å². The number of pyridine rings is 1. The van der Waals surface area contributed by atoms with Crippen molar-refractivity contribution < 1.29 is 9.59 Å². The van der Waals surface area contributed by atoms with Gasteiger partial charge in [0.15, 0.2) is 0 Å². The van der Waals surface area contributed by atoms with Crippen LogP contribution in [0.1, 0.15) is 64.2 Å². The Morgan fingerprint density at radius 3 is 2.44 bits per heavy atom. The maximum absolute atomic E-state index is 12.3. The average molecular weight is 343 g/mol. The van der Waals surface area contributed by atoms with Gasteiger partial charge >= 0.3 is 0 Å². The molecule has 0 spiro atoms. The SMILES string of the molecule is O=C(CC1CCCCC1)NC1CCC(C(=O)Nc2ccccn2)CC1. The first-order chi connectivity index (χ1) is 12.2. The van der Waals surface area contributed by atoms with Gasteiger partial charge in [-0.2, -0.15) is 0 Å². The number of hydrogen-bond acceptors (Lipinski definition) is 3. The van der Waals surface area contributed by atoms with Gasteiger partial charge in [0.05, 0.1) is 0 Å². The van der Waals surface area contributed by atoms with Gasteiger partial charge in [-0.25, -0.2) is 4.98 Å². The molecule has 2 amide bonds. The molecule has 0 atom stereocenters. The fourth-order valence-electron chi connectivity index (χ4n) is 4.10. The summed E-state index contributed by atoms with van der Waals surface area (Å²) in [5.41, 5.74) is 0. The number of carbonyl (C=O) groups excluding carboxylic acids is 2. The summed E-state index contributed by atoms with van der Waals surface area (Å²) in [6, 6.07) is 5.72. The first kappa shape index (κ1) is 17.9. The van der Waals surface area contributed by atoms with Gasteiger partial charge in [0.25, 0.3) is 0 Å². The molecule has 0 bridgehead atoms. The topological polar surface area (TPSA) is 71.1 Å². The van der Waals surface area contributed by atoms with Gasteiger partial charge in [0.2, 0.25) is 11.8 Å². The fourth-order valence-corrected chi connectivity index (χ4v) is 4.10. The van der Waals surface area contributed by atoms with Gasteiger partial charge in [-0.1, -0.05) is 25.3 Å². The molecular weight excluding hydrogens is 314 g/mol. The molecule has 2 aliphatic carbocycles. The van der Waals surface area contributed by atoms with Crippen LogP contribution >= 0.6 is 0 Å². The fraction of sp³-hybridized carbons (Fsp3) is 0.650. The molecule has 5 nitrogen and oxygen atoms in total. The maximum Gasteiger partial charge on any atom is 0.228 e. The monoisotopic (exact) mass is 343 g/mol. The Morgan fingerprint density at radius 1 is 1.00 bits per heavy atom. The number of aromatic nitrogens is 1. The molecule has 2 fully saturated rings. The molecule has 5 heteroatoms. The zero-order valence-corrected chi connectivity index (χ0v) is 14.9. The van der Waals surface area contributed by atoms with Crippen molar-refractivity contribution >= 4 is 17.6 Å². The summed E-state index contributed by atoms with van der Waals surface area (Å²) in [4.78, 5) is 28.7. The highest BCUT2D eigenvalue weighted by Gasteiger charge is 2.28. The van der Waals surface area contributed by atoms with Crippen molar-refractivity contribution in [1.82, 2.24) is 10.3 Å². The molecule has 25 heavy (non-hydrogen) atoms. The third-order valence-electron chi connectivity index (χ3n) is 5.58. The first-order valence-corrected chi connectivity index (χ1v) is 9.72. The van der Waals surface area contributed by atoms with Gasteiger partial charge in [-0.3, -0.25) is 9.59 Å². The molecule has 1 heterocycles. The van der Waals surface area contributed by atoms with Crippen LogP contribution in [0.5, 0.6) is 0 Å². The number of amides is 2. The number of rotatable bonds is 5. The maximum atomic E-state index is 12.3. The minimum Gasteiger partial charge on any atom is -0.353 e. The Kier molecular flexibility index (Phi) is 6.42. The van der Waals surface area contributed by atoms with Crippen LogP contribution in [0.2, 0.25) is 0 Å². The van der Waals surface area contributed by atoms with Crippen LogP contribution in [0.25, 0.3) is 0 Å². The van der Waals surface area contributed by atoms with Crippen LogP contribution in [0.3, 0.4) is 0 Å². The summed E-state index contributed by atoms with van der Waals surface area (Å²) < 4.78 is 0. The lowest BCUT2D eigenvalue weighted by Gasteiger charge is -2.29. The quantitative estimate of drug-likeness (QED) is 0.857. The highest BCUT2D eigenvalue weighted by Crippen LogP contribution is 2.28. The van der Waals surface area contributed by atoms with Gasteiger partial charge < -0.3 is 10.6 Å². The molecule has 0 unspecified atom stereocenters. The Balaban J connectivity index is 1.37. The molecule has 0 aliphatic heterocycles. The van der Waals surface area contributed by atoms with E-state index in [4.69, 9.17) is 0 Å². The summed E-state index contributed by atoms with van der Waals surface area (Å²) in [5.74, 6) is 1.46. The molecule has 0 aromatic carbocycles. The van der Waals surface area contributed by atoms with Gasteiger partial charge in [0, 0.05) is 24.6 Å². The smallest absolute Gasteiger partial charge is 0.228 e. The highest BCUT2D eigenvalue weighted by atomic mass is 16.2. The van der Waals surface area contributed by atoms with E-state index in [1.165, 1.54) is 32.1 Å². The lowest BCUT2D eigenvalue weighted by Crippen LogP contribution is -2.40. The number of carbonyl (C=O) groups is 2. The second-order valence-corrected chi connectivity index (χ2v) is 7.53. The lowest BCUT2D eigenvalue weighted by molar-refractivity contribution is -0.123. The van der Waals surface area contributed by atoms with Crippen LogP contribution in [0, 0.1) is 11.8 Å². The van der Waals surface area contributed by atoms with E-state index in [-0.39, 0.29) is 23.8 Å². The Hall–Kier alpha value is -1.91. The largest absolute Gasteiger partial charge is 0.353 e. The molecule has 2 saturated carbocycles. The minimum atomic E-state index is 0.0218. The van der Waals surface area contributed by atoms with E-state index >= 15 is 0 Å². The van der Waals surface area contributed by atoms with E-state index in [9.17, 15) is 9.59 Å². The Labute approximate surface area is 150 Å². The number of hydrogen-bond donors (Lipinski definition) is 2. The number of anilines is 1. The van der Waals surface area contributed by atoms with Crippen LogP contribution in [0.4, 0.5) is 5.82 Å². The second kappa shape index (κ2) is 8.97. The van der Waals surface area contributed by atoms with E-state index in [0.29, 0.717) is 18.2 Å². The van der Waals surface area contributed by atoms with Crippen molar-refractivity contribution in [2.24, 2.45) is 11.8 Å².